The lowest BCUT2D eigenvalue weighted by atomic mass is 9.91. The van der Waals surface area contributed by atoms with Crippen molar-refractivity contribution in [2.45, 2.75) is 58.7 Å². The molecule has 3 rings (SSSR count). The molecule has 0 saturated carbocycles. The molecule has 0 aliphatic carbocycles. The van der Waals surface area contributed by atoms with Crippen molar-refractivity contribution in [2.24, 2.45) is 5.92 Å². The summed E-state index contributed by atoms with van der Waals surface area (Å²) in [5, 5.41) is 10.1. The van der Waals surface area contributed by atoms with Crippen LogP contribution in [0.1, 0.15) is 74.3 Å². The highest BCUT2D eigenvalue weighted by Crippen LogP contribution is 2.33. The van der Waals surface area contributed by atoms with E-state index in [1.165, 1.54) is 0 Å². The number of alkyl halides is 3. The number of ketones is 1. The first kappa shape index (κ1) is 27.9. The minimum absolute atomic E-state index is 0.0420. The Kier molecular flexibility index (Phi) is 9.43. The summed E-state index contributed by atoms with van der Waals surface area (Å²) < 4.78 is 47.9. The maximum atomic E-state index is 12.8. The third-order valence-electron chi connectivity index (χ3n) is 6.02. The predicted molar refractivity (Wildman–Crippen MR) is 132 cm³/mol. The minimum Gasteiger partial charge on any atom is -0.466 e. The van der Waals surface area contributed by atoms with E-state index in [0.717, 1.165) is 17.7 Å². The zero-order valence-electron chi connectivity index (χ0n) is 21.0. The molecule has 0 amide bonds. The number of hydrogen-bond acceptors (Lipinski definition) is 7. The van der Waals surface area contributed by atoms with Crippen LogP contribution in [0.25, 0.3) is 11.5 Å². The summed E-state index contributed by atoms with van der Waals surface area (Å²) >= 11 is 0. The van der Waals surface area contributed by atoms with E-state index >= 15 is 0 Å². The zero-order chi connectivity index (χ0) is 27.0. The van der Waals surface area contributed by atoms with Crippen molar-refractivity contribution in [1.82, 2.24) is 10.2 Å². The van der Waals surface area contributed by atoms with Crippen LogP contribution in [0.3, 0.4) is 0 Å². The number of ether oxygens (including phenoxy) is 1. The topological polar surface area (TPSA) is 94.3 Å². The molecule has 3 aromatic rings. The Balaban J connectivity index is 1.67. The average molecular weight is 518 g/mol. The maximum absolute atomic E-state index is 12.8. The van der Waals surface area contributed by atoms with Crippen LogP contribution in [-0.2, 0) is 15.7 Å². The second-order valence-corrected chi connectivity index (χ2v) is 8.70. The van der Waals surface area contributed by atoms with Crippen LogP contribution in [0.2, 0.25) is 0 Å². The molecule has 0 aliphatic rings. The van der Waals surface area contributed by atoms with Crippen LogP contribution < -0.4 is 5.32 Å². The van der Waals surface area contributed by atoms with Crippen LogP contribution in [0.4, 0.5) is 18.9 Å². The molecule has 2 atom stereocenters. The van der Waals surface area contributed by atoms with Gasteiger partial charge in [0.1, 0.15) is 0 Å². The molecule has 0 saturated heterocycles. The van der Waals surface area contributed by atoms with Gasteiger partial charge in [0.15, 0.2) is 5.78 Å². The number of rotatable bonds is 12. The lowest BCUT2D eigenvalue weighted by Gasteiger charge is -2.26. The van der Waals surface area contributed by atoms with Crippen molar-refractivity contribution in [3.63, 3.8) is 0 Å². The molecule has 1 heterocycles. The van der Waals surface area contributed by atoms with Crippen LogP contribution in [0.15, 0.2) is 52.9 Å². The SMILES string of the molecule is CCOC(=O)CCCC(=O)c1ccc(N[C@@H](c2ccc(-c3nnc(C(F)(F)F)o3)cc2)C(C)CC)cc1. The number of nitrogens with one attached hydrogen (secondary N) is 1. The van der Waals surface area contributed by atoms with E-state index in [4.69, 9.17) is 9.15 Å². The summed E-state index contributed by atoms with van der Waals surface area (Å²) in [4.78, 5) is 23.9. The number of hydrogen-bond donors (Lipinski definition) is 1. The lowest BCUT2D eigenvalue weighted by Crippen LogP contribution is -2.18. The number of carbonyl (C=O) groups is 2. The van der Waals surface area contributed by atoms with Gasteiger partial charge in [0.25, 0.3) is 0 Å². The number of esters is 1. The highest BCUT2D eigenvalue weighted by molar-refractivity contribution is 5.96. The molecule has 2 aromatic carbocycles. The number of nitrogens with zero attached hydrogens (tertiary/aromatic N) is 2. The molecule has 7 nitrogen and oxygen atoms in total. The molecule has 0 aliphatic heterocycles. The van der Waals surface area contributed by atoms with Gasteiger partial charge in [-0.15, -0.1) is 10.2 Å². The summed E-state index contributed by atoms with van der Waals surface area (Å²) in [7, 11) is 0. The van der Waals surface area contributed by atoms with Gasteiger partial charge in [-0.25, -0.2) is 0 Å². The van der Waals surface area contributed by atoms with Gasteiger partial charge < -0.3 is 14.5 Å². The molecule has 198 valence electrons. The van der Waals surface area contributed by atoms with E-state index < -0.39 is 12.1 Å². The molecular formula is C27H30F3N3O4. The van der Waals surface area contributed by atoms with Crippen molar-refractivity contribution >= 4 is 17.4 Å². The van der Waals surface area contributed by atoms with E-state index in [-0.39, 0.29) is 42.4 Å². The highest BCUT2D eigenvalue weighted by atomic mass is 19.4. The van der Waals surface area contributed by atoms with E-state index in [1.54, 1.807) is 31.2 Å². The Morgan fingerprint density at radius 3 is 2.24 bits per heavy atom. The number of Topliss-reactive ketones (excluding diaryl/α,β-unsaturated/α-hetero) is 1. The van der Waals surface area contributed by atoms with E-state index in [0.29, 0.717) is 24.2 Å². The molecule has 0 fully saturated rings. The molecule has 37 heavy (non-hydrogen) atoms. The Bertz CT molecular complexity index is 1170. The van der Waals surface area contributed by atoms with Gasteiger partial charge in [-0.3, -0.25) is 9.59 Å². The first-order chi connectivity index (χ1) is 17.6. The molecule has 0 spiro atoms. The molecule has 1 N–H and O–H groups in total. The van der Waals surface area contributed by atoms with Crippen LogP contribution in [0.5, 0.6) is 0 Å². The maximum Gasteiger partial charge on any atom is 0.470 e. The molecular weight excluding hydrogens is 487 g/mol. The van der Waals surface area contributed by atoms with Crippen molar-refractivity contribution in [3.8, 4) is 11.5 Å². The molecule has 10 heteroatoms. The normalized spacial score (nSPS) is 13.1. The number of aromatic nitrogens is 2. The Hall–Kier alpha value is -3.69. The predicted octanol–water partition coefficient (Wildman–Crippen LogP) is 6.87. The van der Waals surface area contributed by atoms with Gasteiger partial charge in [0.2, 0.25) is 5.89 Å². The molecule has 1 aromatic heterocycles. The summed E-state index contributed by atoms with van der Waals surface area (Å²) in [5.41, 5.74) is 2.72. The average Bonchev–Trinajstić information content (AvgIpc) is 3.39. The van der Waals surface area contributed by atoms with Crippen LogP contribution in [0, 0.1) is 5.92 Å². The summed E-state index contributed by atoms with van der Waals surface area (Å²) in [6.45, 7) is 6.24. The Morgan fingerprint density at radius 2 is 1.68 bits per heavy atom. The first-order valence-electron chi connectivity index (χ1n) is 12.2. The summed E-state index contributed by atoms with van der Waals surface area (Å²) in [6, 6.07) is 14.0. The fourth-order valence-electron chi connectivity index (χ4n) is 3.78. The standard InChI is InChI=1S/C27H30F3N3O4/c1-4-17(3)24(19-9-11-20(12-10-19)25-32-33-26(37-25)27(28,29)30)31-21-15-13-18(14-16-21)22(34)7-6-8-23(35)36-5-2/h9-17,24,31H,4-8H2,1-3H3/t17?,24-/m1/s1. The van der Waals surface area contributed by atoms with E-state index in [9.17, 15) is 22.8 Å². The third kappa shape index (κ3) is 7.65. The lowest BCUT2D eigenvalue weighted by molar-refractivity contribution is -0.157. The van der Waals surface area contributed by atoms with Crippen LogP contribution >= 0.6 is 0 Å². The van der Waals surface area contributed by atoms with Crippen molar-refractivity contribution < 1.29 is 31.9 Å². The van der Waals surface area contributed by atoms with E-state index in [1.807, 2.05) is 24.3 Å². The van der Waals surface area contributed by atoms with Gasteiger partial charge in [0, 0.05) is 29.7 Å². The number of carbonyl (C=O) groups excluding carboxylic acids is 2. The molecule has 0 radical (unpaired) electrons. The third-order valence-corrected chi connectivity index (χ3v) is 6.02. The number of halogens is 3. The Morgan fingerprint density at radius 1 is 1.00 bits per heavy atom. The Labute approximate surface area is 213 Å². The van der Waals surface area contributed by atoms with Gasteiger partial charge in [-0.1, -0.05) is 32.4 Å². The van der Waals surface area contributed by atoms with E-state index in [2.05, 4.69) is 29.4 Å². The van der Waals surface area contributed by atoms with Crippen molar-refractivity contribution in [2.75, 3.05) is 11.9 Å². The largest absolute Gasteiger partial charge is 0.470 e. The van der Waals surface area contributed by atoms with Crippen molar-refractivity contribution in [3.05, 3.63) is 65.5 Å². The van der Waals surface area contributed by atoms with Gasteiger partial charge in [-0.05, 0) is 61.2 Å². The zero-order valence-corrected chi connectivity index (χ0v) is 21.0. The highest BCUT2D eigenvalue weighted by Gasteiger charge is 2.38. The van der Waals surface area contributed by atoms with Crippen molar-refractivity contribution in [1.29, 1.82) is 0 Å². The van der Waals surface area contributed by atoms with Gasteiger partial charge in [0.05, 0.1) is 12.6 Å². The van der Waals surface area contributed by atoms with Gasteiger partial charge >= 0.3 is 18.0 Å². The monoisotopic (exact) mass is 517 g/mol. The second kappa shape index (κ2) is 12.5. The summed E-state index contributed by atoms with van der Waals surface area (Å²) in [5.74, 6) is -1.70. The first-order valence-corrected chi connectivity index (χ1v) is 12.2. The van der Waals surface area contributed by atoms with Crippen LogP contribution in [-0.4, -0.2) is 28.6 Å². The smallest absolute Gasteiger partial charge is 0.466 e. The second-order valence-electron chi connectivity index (χ2n) is 8.70. The summed E-state index contributed by atoms with van der Waals surface area (Å²) in [6.07, 6.45) is -2.90. The quantitative estimate of drug-likeness (QED) is 0.207. The fraction of sp³-hybridized carbons (Fsp3) is 0.407. The number of anilines is 1. The molecule has 1 unspecified atom stereocenters. The molecule has 0 bridgehead atoms. The number of benzene rings is 2. The fourth-order valence-corrected chi connectivity index (χ4v) is 3.78. The minimum atomic E-state index is -4.69. The van der Waals surface area contributed by atoms with Gasteiger partial charge in [-0.2, -0.15) is 13.2 Å².